The van der Waals surface area contributed by atoms with Crippen molar-refractivity contribution in [3.63, 3.8) is 0 Å². The molecule has 2 unspecified atom stereocenters. The van der Waals surface area contributed by atoms with Crippen LogP contribution in [-0.2, 0) is 32.7 Å². The number of rotatable bonds is 43. The van der Waals surface area contributed by atoms with Crippen molar-refractivity contribution in [2.45, 2.75) is 200 Å². The summed E-state index contributed by atoms with van der Waals surface area (Å²) >= 11 is 0. The third kappa shape index (κ3) is 44.8. The van der Waals surface area contributed by atoms with Crippen LogP contribution in [0.15, 0.2) is 72.9 Å². The number of ether oxygens (including phenoxy) is 2. The maximum atomic E-state index is 12.6. The molecular weight excluding hydrogens is 762 g/mol. The Morgan fingerprint density at radius 2 is 0.932 bits per heavy atom. The van der Waals surface area contributed by atoms with Gasteiger partial charge in [0.15, 0.2) is 6.10 Å². The smallest absolute Gasteiger partial charge is 0.462 e. The van der Waals surface area contributed by atoms with Gasteiger partial charge in [-0.05, 0) is 83.5 Å². The second-order valence-electron chi connectivity index (χ2n) is 15.2. The number of allylic oxidation sites excluding steroid dienone is 12. The Kier molecular flexibility index (Phi) is 43.0. The van der Waals surface area contributed by atoms with Crippen molar-refractivity contribution in [2.24, 2.45) is 5.73 Å². The molecule has 0 aliphatic rings. The Morgan fingerprint density at radius 3 is 1.39 bits per heavy atom. The van der Waals surface area contributed by atoms with Crippen LogP contribution in [0.2, 0.25) is 0 Å². The van der Waals surface area contributed by atoms with Gasteiger partial charge in [-0.15, -0.1) is 0 Å². The van der Waals surface area contributed by atoms with Gasteiger partial charge in [-0.25, -0.2) is 4.57 Å². The topological polar surface area (TPSA) is 134 Å². The fourth-order valence-corrected chi connectivity index (χ4v) is 6.89. The lowest BCUT2D eigenvalue weighted by atomic mass is 10.1. The van der Waals surface area contributed by atoms with Crippen LogP contribution in [0.4, 0.5) is 0 Å². The minimum atomic E-state index is -4.39. The molecule has 0 aliphatic heterocycles. The van der Waals surface area contributed by atoms with Crippen molar-refractivity contribution in [1.29, 1.82) is 0 Å². The van der Waals surface area contributed by atoms with Gasteiger partial charge in [0, 0.05) is 19.4 Å². The molecule has 0 aromatic rings. The maximum Gasteiger partial charge on any atom is 0.472 e. The molecule has 0 radical (unpaired) electrons. The molecule has 0 rings (SSSR count). The first-order chi connectivity index (χ1) is 28.8. The third-order valence-corrected chi connectivity index (χ3v) is 10.6. The summed E-state index contributed by atoms with van der Waals surface area (Å²) in [6.45, 7) is 3.57. The van der Waals surface area contributed by atoms with E-state index in [1.807, 2.05) is 0 Å². The van der Waals surface area contributed by atoms with E-state index in [1.165, 1.54) is 70.6 Å². The molecule has 0 spiro atoms. The quantitative estimate of drug-likeness (QED) is 0.0266. The summed E-state index contributed by atoms with van der Waals surface area (Å²) in [5.74, 6) is -0.864. The standard InChI is InChI=1S/C49H86NO8P/c1-3-5-7-9-11-13-15-17-19-21-22-23-24-26-27-29-31-33-35-37-39-41-48(51)55-45-47(46-57-59(53,54)56-44-43-50)58-49(52)42-40-38-36-34-32-30-28-25-20-18-16-14-12-10-8-6-4-2/h6,8,12,14-15,17-18,20-22,28,30,47H,3-5,7,9-11,13,16,19,23-27,29,31-46,50H2,1-2H3,(H,53,54)/b8-6-,14-12-,17-15-,20-18-,22-21-,30-28-. The Hall–Kier alpha value is -2.55. The van der Waals surface area contributed by atoms with Gasteiger partial charge in [0.1, 0.15) is 6.61 Å². The van der Waals surface area contributed by atoms with Gasteiger partial charge in [-0.1, -0.05) is 170 Å². The molecule has 2 atom stereocenters. The molecule has 0 aliphatic carbocycles. The summed E-state index contributed by atoms with van der Waals surface area (Å²) in [4.78, 5) is 35.0. The molecule has 3 N–H and O–H groups in total. The van der Waals surface area contributed by atoms with Crippen molar-refractivity contribution >= 4 is 19.8 Å². The summed E-state index contributed by atoms with van der Waals surface area (Å²) in [6, 6.07) is 0. The summed E-state index contributed by atoms with van der Waals surface area (Å²) in [6.07, 6.45) is 55.0. The van der Waals surface area contributed by atoms with Gasteiger partial charge in [-0.3, -0.25) is 18.6 Å². The Labute approximate surface area is 361 Å². The minimum Gasteiger partial charge on any atom is -0.462 e. The highest BCUT2D eigenvalue weighted by Gasteiger charge is 2.26. The van der Waals surface area contributed by atoms with Crippen molar-refractivity contribution in [1.82, 2.24) is 0 Å². The maximum absolute atomic E-state index is 12.6. The Morgan fingerprint density at radius 1 is 0.525 bits per heavy atom. The molecule has 0 aromatic carbocycles. The van der Waals surface area contributed by atoms with E-state index in [0.717, 1.165) is 89.9 Å². The van der Waals surface area contributed by atoms with Crippen LogP contribution in [0.5, 0.6) is 0 Å². The molecule has 0 saturated carbocycles. The van der Waals surface area contributed by atoms with Crippen LogP contribution in [0, 0.1) is 0 Å². The molecule has 9 nitrogen and oxygen atoms in total. The largest absolute Gasteiger partial charge is 0.472 e. The molecule has 0 heterocycles. The molecule has 340 valence electrons. The van der Waals surface area contributed by atoms with Crippen LogP contribution in [-0.4, -0.2) is 49.3 Å². The van der Waals surface area contributed by atoms with E-state index >= 15 is 0 Å². The average Bonchev–Trinajstić information content (AvgIpc) is 3.22. The predicted octanol–water partition coefficient (Wildman–Crippen LogP) is 13.8. The highest BCUT2D eigenvalue weighted by atomic mass is 31.2. The summed E-state index contributed by atoms with van der Waals surface area (Å²) in [5, 5.41) is 0. The number of carbonyl (C=O) groups excluding carboxylic acids is 2. The van der Waals surface area contributed by atoms with Crippen LogP contribution < -0.4 is 5.73 Å². The van der Waals surface area contributed by atoms with E-state index in [0.29, 0.717) is 6.42 Å². The van der Waals surface area contributed by atoms with E-state index < -0.39 is 32.5 Å². The molecule has 10 heteroatoms. The van der Waals surface area contributed by atoms with Crippen molar-refractivity contribution < 1.29 is 37.6 Å². The van der Waals surface area contributed by atoms with Gasteiger partial charge in [0.05, 0.1) is 13.2 Å². The molecular formula is C49H86NO8P. The number of carbonyl (C=O) groups is 2. The van der Waals surface area contributed by atoms with Crippen LogP contribution in [0.3, 0.4) is 0 Å². The first kappa shape index (κ1) is 56.5. The van der Waals surface area contributed by atoms with Gasteiger partial charge in [0.25, 0.3) is 0 Å². The minimum absolute atomic E-state index is 0.0450. The molecule has 0 saturated heterocycles. The SMILES string of the molecule is CC/C=C\C/C=C\C/C=C\C/C=C\CCCCCCC(=O)OC(COC(=O)CCCCCCCCCCC/C=C\C/C=C\CCCCCCC)COP(=O)(O)OCCN. The average molecular weight is 848 g/mol. The van der Waals surface area contributed by atoms with Crippen LogP contribution in [0.1, 0.15) is 194 Å². The molecule has 0 aromatic heterocycles. The zero-order valence-corrected chi connectivity index (χ0v) is 38.4. The number of hydrogen-bond acceptors (Lipinski definition) is 8. The number of esters is 2. The molecule has 59 heavy (non-hydrogen) atoms. The normalized spacial score (nSPS) is 13.9. The van der Waals surface area contributed by atoms with E-state index in [4.69, 9.17) is 24.3 Å². The van der Waals surface area contributed by atoms with E-state index in [9.17, 15) is 19.0 Å². The number of nitrogens with two attached hydrogens (primary N) is 1. The first-order valence-corrected chi connectivity index (χ1v) is 24.9. The second-order valence-corrected chi connectivity index (χ2v) is 16.7. The first-order valence-electron chi connectivity index (χ1n) is 23.4. The van der Waals surface area contributed by atoms with Crippen molar-refractivity contribution in [3.05, 3.63) is 72.9 Å². The number of unbranched alkanes of at least 4 members (excludes halogenated alkanes) is 18. The Balaban J connectivity index is 4.15. The molecule has 0 bridgehead atoms. The lowest BCUT2D eigenvalue weighted by molar-refractivity contribution is -0.161. The van der Waals surface area contributed by atoms with Gasteiger partial charge in [0.2, 0.25) is 0 Å². The fourth-order valence-electron chi connectivity index (χ4n) is 6.13. The number of phosphoric ester groups is 1. The van der Waals surface area contributed by atoms with Gasteiger partial charge >= 0.3 is 19.8 Å². The molecule has 0 amide bonds. The Bertz CT molecular complexity index is 1190. The summed E-state index contributed by atoms with van der Waals surface area (Å²) < 4.78 is 32.8. The third-order valence-electron chi connectivity index (χ3n) is 9.58. The summed E-state index contributed by atoms with van der Waals surface area (Å²) in [7, 11) is -4.39. The van der Waals surface area contributed by atoms with Gasteiger partial charge < -0.3 is 20.1 Å². The fraction of sp³-hybridized carbons (Fsp3) is 0.714. The monoisotopic (exact) mass is 848 g/mol. The number of phosphoric acid groups is 1. The molecule has 0 fully saturated rings. The van der Waals surface area contributed by atoms with E-state index in [1.54, 1.807) is 0 Å². The van der Waals surface area contributed by atoms with Crippen molar-refractivity contribution in [3.8, 4) is 0 Å². The van der Waals surface area contributed by atoms with E-state index in [-0.39, 0.29) is 32.6 Å². The highest BCUT2D eigenvalue weighted by Crippen LogP contribution is 2.43. The predicted molar refractivity (Wildman–Crippen MR) is 247 cm³/mol. The lowest BCUT2D eigenvalue weighted by Crippen LogP contribution is -2.29. The summed E-state index contributed by atoms with van der Waals surface area (Å²) in [5.41, 5.74) is 5.35. The van der Waals surface area contributed by atoms with Crippen molar-refractivity contribution in [2.75, 3.05) is 26.4 Å². The van der Waals surface area contributed by atoms with Crippen LogP contribution in [0.25, 0.3) is 0 Å². The second kappa shape index (κ2) is 45.0. The van der Waals surface area contributed by atoms with Gasteiger partial charge in [-0.2, -0.15) is 0 Å². The highest BCUT2D eigenvalue weighted by molar-refractivity contribution is 7.47. The zero-order valence-electron chi connectivity index (χ0n) is 37.5. The number of hydrogen-bond donors (Lipinski definition) is 2. The van der Waals surface area contributed by atoms with Crippen LogP contribution >= 0.6 is 7.82 Å². The zero-order chi connectivity index (χ0) is 43.2. The lowest BCUT2D eigenvalue weighted by Gasteiger charge is -2.19. The van der Waals surface area contributed by atoms with E-state index in [2.05, 4.69) is 86.8 Å².